The first-order valence-corrected chi connectivity index (χ1v) is 12.8. The zero-order valence-electron chi connectivity index (χ0n) is 18.9. The third-order valence-electron chi connectivity index (χ3n) is 5.84. The van der Waals surface area contributed by atoms with Gasteiger partial charge in [0.05, 0.1) is 28.2 Å². The van der Waals surface area contributed by atoms with Crippen LogP contribution in [0.3, 0.4) is 0 Å². The Bertz CT molecular complexity index is 1520. The van der Waals surface area contributed by atoms with E-state index in [2.05, 4.69) is 30.6 Å². The Balaban J connectivity index is 1.52. The minimum atomic E-state index is -3.48. The molecule has 5 rings (SSSR count). The van der Waals surface area contributed by atoms with Crippen LogP contribution < -0.4 is 21.1 Å². The molecule has 1 aliphatic heterocycles. The molecule has 0 aliphatic carbocycles. The van der Waals surface area contributed by atoms with Crippen molar-refractivity contribution >= 4 is 49.6 Å². The van der Waals surface area contributed by atoms with Gasteiger partial charge in [-0.1, -0.05) is 12.1 Å². The number of aryl methyl sites for hydroxylation is 1. The Hall–Kier alpha value is -3.86. The predicted octanol–water partition coefficient (Wildman–Crippen LogP) is 3.15. The summed E-state index contributed by atoms with van der Waals surface area (Å²) < 4.78 is 25.9. The van der Waals surface area contributed by atoms with Gasteiger partial charge < -0.3 is 15.5 Å². The van der Waals surface area contributed by atoms with Crippen LogP contribution in [0.4, 0.5) is 28.7 Å². The molecule has 3 aromatic heterocycles. The summed E-state index contributed by atoms with van der Waals surface area (Å²) in [7, 11) is -1.88. The van der Waals surface area contributed by atoms with Crippen molar-refractivity contribution in [2.45, 2.75) is 17.7 Å². The maximum atomic E-state index is 12.8. The zero-order valence-corrected chi connectivity index (χ0v) is 19.7. The molecule has 0 amide bonds. The number of hydrogen-bond acceptors (Lipinski definition) is 8. The van der Waals surface area contributed by atoms with Crippen molar-refractivity contribution < 1.29 is 8.42 Å². The second-order valence-corrected chi connectivity index (χ2v) is 10.4. The lowest BCUT2D eigenvalue weighted by molar-refractivity contribution is 0.602. The molecule has 1 aromatic carbocycles. The first-order chi connectivity index (χ1) is 16.3. The van der Waals surface area contributed by atoms with Crippen LogP contribution in [0.2, 0.25) is 0 Å². The first kappa shape index (κ1) is 22.0. The highest BCUT2D eigenvalue weighted by atomic mass is 32.2. The van der Waals surface area contributed by atoms with Gasteiger partial charge in [0.15, 0.2) is 15.5 Å². The normalized spacial score (nSPS) is 14.0. The number of aromatic nitrogens is 4. The van der Waals surface area contributed by atoms with Gasteiger partial charge in [-0.15, -0.1) is 0 Å². The Morgan fingerprint density at radius 2 is 1.76 bits per heavy atom. The third-order valence-corrected chi connectivity index (χ3v) is 7.00. The average Bonchev–Trinajstić information content (AvgIpc) is 3.43. The van der Waals surface area contributed by atoms with Crippen molar-refractivity contribution in [2.24, 2.45) is 7.05 Å². The van der Waals surface area contributed by atoms with Gasteiger partial charge in [-0.2, -0.15) is 0 Å². The molecular weight excluding hydrogens is 454 g/mol. The number of hydrogen-bond donors (Lipinski definition) is 3. The van der Waals surface area contributed by atoms with Crippen molar-refractivity contribution in [1.82, 2.24) is 19.7 Å². The number of benzene rings is 1. The molecule has 0 bridgehead atoms. The Morgan fingerprint density at radius 3 is 2.47 bits per heavy atom. The van der Waals surface area contributed by atoms with Gasteiger partial charge in [-0.05, 0) is 37.1 Å². The molecule has 0 saturated carbocycles. The van der Waals surface area contributed by atoms with E-state index in [4.69, 9.17) is 0 Å². The molecule has 4 heterocycles. The minimum Gasteiger partial charge on any atom is -0.370 e. The summed E-state index contributed by atoms with van der Waals surface area (Å²) in [6, 6.07) is 12.2. The Kier molecular flexibility index (Phi) is 5.48. The van der Waals surface area contributed by atoms with Crippen LogP contribution in [-0.4, -0.2) is 47.5 Å². The van der Waals surface area contributed by atoms with E-state index in [1.807, 2.05) is 18.3 Å². The van der Waals surface area contributed by atoms with E-state index in [1.54, 1.807) is 31.3 Å². The topological polar surface area (TPSA) is 125 Å². The lowest BCUT2D eigenvalue weighted by atomic mass is 10.2. The molecular formula is C23H25N7O3S. The van der Waals surface area contributed by atoms with Crippen molar-refractivity contribution in [2.75, 3.05) is 34.9 Å². The SMILES string of the molecule is Cn1[nH]c2nc(Nc3ccc(N4CCCC4)cn3)cc(Nc3ccccc3S(C)(=O)=O)c2c1=O. The highest BCUT2D eigenvalue weighted by Gasteiger charge is 2.18. The van der Waals surface area contributed by atoms with Crippen molar-refractivity contribution in [3.63, 3.8) is 0 Å². The molecule has 1 saturated heterocycles. The summed E-state index contributed by atoms with van der Waals surface area (Å²) in [4.78, 5) is 24.2. The van der Waals surface area contributed by atoms with Gasteiger partial charge in [0.1, 0.15) is 17.0 Å². The largest absolute Gasteiger partial charge is 0.370 e. The highest BCUT2D eigenvalue weighted by molar-refractivity contribution is 7.90. The zero-order chi connectivity index (χ0) is 23.9. The second kappa shape index (κ2) is 8.49. The fraction of sp³-hybridized carbons (Fsp3) is 0.261. The van der Waals surface area contributed by atoms with Crippen LogP contribution in [0, 0.1) is 0 Å². The number of sulfone groups is 1. The molecule has 0 atom stereocenters. The van der Waals surface area contributed by atoms with E-state index in [9.17, 15) is 13.2 Å². The number of rotatable bonds is 6. The Labute approximate surface area is 196 Å². The van der Waals surface area contributed by atoms with E-state index in [-0.39, 0.29) is 10.5 Å². The average molecular weight is 480 g/mol. The smallest absolute Gasteiger partial charge is 0.277 e. The summed E-state index contributed by atoms with van der Waals surface area (Å²) in [6.07, 6.45) is 5.36. The van der Waals surface area contributed by atoms with Crippen LogP contribution in [0.25, 0.3) is 11.0 Å². The summed E-state index contributed by atoms with van der Waals surface area (Å²) in [6.45, 7) is 2.08. The third kappa shape index (κ3) is 4.21. The lowest BCUT2D eigenvalue weighted by Gasteiger charge is -2.17. The minimum absolute atomic E-state index is 0.140. The predicted molar refractivity (Wildman–Crippen MR) is 133 cm³/mol. The standard InChI is InChI=1S/C23H25N7O3S/c1-29-23(31)21-17(25-16-7-3-4-8-18(16)34(2,32)33)13-20(27-22(21)28-29)26-19-10-9-15(14-24-19)30-11-5-6-12-30/h3-4,7-10,13-14H,5-6,11-12H2,1-2H3,(H3,24,25,26,27,28). The molecule has 0 spiro atoms. The van der Waals surface area contributed by atoms with E-state index in [1.165, 1.54) is 23.6 Å². The van der Waals surface area contributed by atoms with Crippen LogP contribution >= 0.6 is 0 Å². The maximum Gasteiger partial charge on any atom is 0.277 e. The number of aromatic amines is 1. The van der Waals surface area contributed by atoms with Gasteiger partial charge in [-0.3, -0.25) is 14.6 Å². The number of para-hydroxylation sites is 1. The van der Waals surface area contributed by atoms with Gasteiger partial charge in [-0.25, -0.2) is 18.4 Å². The van der Waals surface area contributed by atoms with Crippen LogP contribution in [0.15, 0.2) is 58.4 Å². The molecule has 4 aromatic rings. The molecule has 0 unspecified atom stereocenters. The maximum absolute atomic E-state index is 12.8. The number of pyridine rings is 2. The summed E-state index contributed by atoms with van der Waals surface area (Å²) in [5.41, 5.74) is 1.98. The fourth-order valence-corrected chi connectivity index (χ4v) is 5.02. The molecule has 1 aliphatic rings. The Morgan fingerprint density at radius 1 is 1.00 bits per heavy atom. The lowest BCUT2D eigenvalue weighted by Crippen LogP contribution is -2.17. The number of fused-ring (bicyclic) bond motifs is 1. The fourth-order valence-electron chi connectivity index (χ4n) is 4.17. The quantitative estimate of drug-likeness (QED) is 0.385. The van der Waals surface area contributed by atoms with Gasteiger partial charge in [0.25, 0.3) is 5.56 Å². The first-order valence-electron chi connectivity index (χ1n) is 10.9. The molecule has 0 radical (unpaired) electrons. The number of nitrogens with zero attached hydrogens (tertiary/aromatic N) is 4. The van der Waals surface area contributed by atoms with Crippen LogP contribution in [0.1, 0.15) is 12.8 Å². The van der Waals surface area contributed by atoms with Crippen LogP contribution in [0.5, 0.6) is 0 Å². The molecule has 3 N–H and O–H groups in total. The van der Waals surface area contributed by atoms with E-state index in [0.717, 1.165) is 25.0 Å². The second-order valence-electron chi connectivity index (χ2n) is 8.37. The molecule has 176 valence electrons. The summed E-state index contributed by atoms with van der Waals surface area (Å²) in [5.74, 6) is 1.06. The van der Waals surface area contributed by atoms with E-state index >= 15 is 0 Å². The molecule has 1 fully saturated rings. The summed E-state index contributed by atoms with van der Waals surface area (Å²) in [5, 5.41) is 9.58. The van der Waals surface area contributed by atoms with Crippen molar-refractivity contribution in [3.05, 3.63) is 59.0 Å². The van der Waals surface area contributed by atoms with Gasteiger partial charge in [0.2, 0.25) is 0 Å². The highest BCUT2D eigenvalue weighted by Crippen LogP contribution is 2.30. The van der Waals surface area contributed by atoms with E-state index in [0.29, 0.717) is 34.0 Å². The number of H-pyrrole nitrogens is 1. The monoisotopic (exact) mass is 479 g/mol. The number of anilines is 5. The van der Waals surface area contributed by atoms with Crippen LogP contribution in [-0.2, 0) is 16.9 Å². The summed E-state index contributed by atoms with van der Waals surface area (Å²) >= 11 is 0. The van der Waals surface area contributed by atoms with Crippen molar-refractivity contribution in [3.8, 4) is 0 Å². The van der Waals surface area contributed by atoms with Gasteiger partial charge >= 0.3 is 0 Å². The number of nitrogens with one attached hydrogen (secondary N) is 3. The van der Waals surface area contributed by atoms with E-state index < -0.39 is 9.84 Å². The molecule has 10 nitrogen and oxygen atoms in total. The molecule has 11 heteroatoms. The van der Waals surface area contributed by atoms with Crippen molar-refractivity contribution in [1.29, 1.82) is 0 Å². The van der Waals surface area contributed by atoms with Gasteiger partial charge in [0, 0.05) is 32.5 Å². The molecule has 34 heavy (non-hydrogen) atoms.